The van der Waals surface area contributed by atoms with Crippen LogP contribution in [0.4, 0.5) is 5.82 Å². The molecule has 2 heterocycles. The topological polar surface area (TPSA) is 116 Å². The minimum Gasteiger partial charge on any atom is -0.477 e. The zero-order valence-corrected chi connectivity index (χ0v) is 10.4. The second-order valence-corrected chi connectivity index (χ2v) is 3.89. The molecule has 2 aromatic rings. The van der Waals surface area contributed by atoms with Gasteiger partial charge in [-0.15, -0.1) is 0 Å². The summed E-state index contributed by atoms with van der Waals surface area (Å²) in [5.41, 5.74) is 0.496. The summed E-state index contributed by atoms with van der Waals surface area (Å²) in [4.78, 5) is 24.6. The van der Waals surface area contributed by atoms with E-state index in [1.54, 1.807) is 13.0 Å². The SMILES string of the molecule is Cc1ccc(OCc2ccc(C(=O)O)o2)c([N+](=O)[O-])n1. The maximum absolute atomic E-state index is 10.8. The predicted octanol–water partition coefficient (Wildman–Crippen LogP) is 2.17. The number of carboxylic acids is 1. The number of nitrogens with zero attached hydrogens (tertiary/aromatic N) is 2. The number of pyridine rings is 1. The summed E-state index contributed by atoms with van der Waals surface area (Å²) < 4.78 is 10.2. The van der Waals surface area contributed by atoms with Gasteiger partial charge in [-0.05, 0) is 34.2 Å². The van der Waals surface area contributed by atoms with Crippen molar-refractivity contribution in [3.63, 3.8) is 0 Å². The van der Waals surface area contributed by atoms with Crippen LogP contribution in [0.25, 0.3) is 0 Å². The molecule has 0 saturated heterocycles. The van der Waals surface area contributed by atoms with E-state index < -0.39 is 16.7 Å². The molecule has 0 unspecified atom stereocenters. The lowest BCUT2D eigenvalue weighted by Crippen LogP contribution is -2.01. The first kappa shape index (κ1) is 13.5. The molecule has 104 valence electrons. The number of aryl methyl sites for hydroxylation is 1. The Morgan fingerprint density at radius 3 is 2.80 bits per heavy atom. The van der Waals surface area contributed by atoms with E-state index in [9.17, 15) is 14.9 Å². The number of aromatic carboxylic acids is 1. The molecule has 2 rings (SSSR count). The third kappa shape index (κ3) is 2.91. The number of hydrogen-bond donors (Lipinski definition) is 1. The molecular formula is C12H10N2O6. The highest BCUT2D eigenvalue weighted by molar-refractivity contribution is 5.84. The highest BCUT2D eigenvalue weighted by atomic mass is 16.6. The predicted molar refractivity (Wildman–Crippen MR) is 65.6 cm³/mol. The number of rotatable bonds is 5. The minimum atomic E-state index is -1.20. The van der Waals surface area contributed by atoms with Crippen LogP contribution >= 0.6 is 0 Å². The average molecular weight is 278 g/mol. The Bertz CT molecular complexity index is 664. The van der Waals surface area contributed by atoms with Crippen molar-refractivity contribution in [2.45, 2.75) is 13.5 Å². The van der Waals surface area contributed by atoms with Gasteiger partial charge in [0.15, 0.2) is 0 Å². The number of carboxylic acid groups (broad SMARTS) is 1. The van der Waals surface area contributed by atoms with Gasteiger partial charge in [-0.2, -0.15) is 0 Å². The fraction of sp³-hybridized carbons (Fsp3) is 0.167. The zero-order chi connectivity index (χ0) is 14.7. The van der Waals surface area contributed by atoms with Gasteiger partial charge in [0.1, 0.15) is 18.1 Å². The van der Waals surface area contributed by atoms with Gasteiger partial charge in [0.05, 0.1) is 0 Å². The van der Waals surface area contributed by atoms with Crippen molar-refractivity contribution in [3.05, 3.63) is 51.6 Å². The Hall–Kier alpha value is -2.90. The molecular weight excluding hydrogens is 268 g/mol. The van der Waals surface area contributed by atoms with Crippen LogP contribution in [0.1, 0.15) is 22.0 Å². The van der Waals surface area contributed by atoms with Crippen LogP contribution in [0.15, 0.2) is 28.7 Å². The molecule has 2 aromatic heterocycles. The molecule has 20 heavy (non-hydrogen) atoms. The highest BCUT2D eigenvalue weighted by Crippen LogP contribution is 2.25. The number of carbonyl (C=O) groups is 1. The Morgan fingerprint density at radius 2 is 2.20 bits per heavy atom. The molecule has 0 fully saturated rings. The fourth-order valence-corrected chi connectivity index (χ4v) is 1.49. The first-order chi connectivity index (χ1) is 9.47. The van der Waals surface area contributed by atoms with Crippen LogP contribution in [0.5, 0.6) is 5.75 Å². The number of ether oxygens (including phenoxy) is 1. The van der Waals surface area contributed by atoms with Crippen molar-refractivity contribution >= 4 is 11.8 Å². The van der Waals surface area contributed by atoms with E-state index in [4.69, 9.17) is 14.3 Å². The lowest BCUT2D eigenvalue weighted by molar-refractivity contribution is -0.390. The number of aromatic nitrogens is 1. The second kappa shape index (κ2) is 5.39. The summed E-state index contributed by atoms with van der Waals surface area (Å²) in [6.07, 6.45) is 0. The first-order valence-electron chi connectivity index (χ1n) is 5.54. The van der Waals surface area contributed by atoms with E-state index in [0.29, 0.717) is 5.69 Å². The number of furan rings is 1. The van der Waals surface area contributed by atoms with Gasteiger partial charge >= 0.3 is 11.8 Å². The van der Waals surface area contributed by atoms with Crippen molar-refractivity contribution in [1.82, 2.24) is 4.98 Å². The van der Waals surface area contributed by atoms with E-state index in [-0.39, 0.29) is 23.9 Å². The largest absolute Gasteiger partial charge is 0.477 e. The molecule has 1 N–H and O–H groups in total. The Kier molecular flexibility index (Phi) is 3.65. The van der Waals surface area contributed by atoms with Crippen LogP contribution in [0.3, 0.4) is 0 Å². The van der Waals surface area contributed by atoms with Crippen molar-refractivity contribution in [1.29, 1.82) is 0 Å². The summed E-state index contributed by atoms with van der Waals surface area (Å²) in [6, 6.07) is 5.72. The number of hydrogen-bond acceptors (Lipinski definition) is 6. The Morgan fingerprint density at radius 1 is 1.45 bits per heavy atom. The molecule has 0 amide bonds. The molecule has 0 aliphatic rings. The van der Waals surface area contributed by atoms with E-state index >= 15 is 0 Å². The van der Waals surface area contributed by atoms with Gasteiger partial charge in [0, 0.05) is 6.92 Å². The molecule has 0 aliphatic carbocycles. The van der Waals surface area contributed by atoms with E-state index in [1.807, 2.05) is 0 Å². The lowest BCUT2D eigenvalue weighted by Gasteiger charge is -2.04. The van der Waals surface area contributed by atoms with Gasteiger partial charge in [-0.3, -0.25) is 0 Å². The molecule has 0 aromatic carbocycles. The maximum atomic E-state index is 10.8. The summed E-state index contributed by atoms with van der Waals surface area (Å²) in [5, 5.41) is 19.5. The van der Waals surface area contributed by atoms with Gasteiger partial charge in [0.25, 0.3) is 0 Å². The standard InChI is InChI=1S/C12H10N2O6/c1-7-2-4-9(11(13-7)14(17)18)19-6-8-3-5-10(20-8)12(15)16/h2-5H,6H2,1H3,(H,15,16). The Balaban J connectivity index is 2.14. The smallest absolute Gasteiger partial charge is 0.406 e. The van der Waals surface area contributed by atoms with Crippen LogP contribution in [0, 0.1) is 17.0 Å². The second-order valence-electron chi connectivity index (χ2n) is 3.89. The molecule has 0 saturated carbocycles. The molecule has 0 aliphatic heterocycles. The lowest BCUT2D eigenvalue weighted by atomic mass is 10.3. The molecule has 0 atom stereocenters. The highest BCUT2D eigenvalue weighted by Gasteiger charge is 2.18. The van der Waals surface area contributed by atoms with Gasteiger partial charge in [-0.1, -0.05) is 0 Å². The molecule has 8 heteroatoms. The maximum Gasteiger partial charge on any atom is 0.406 e. The third-order valence-electron chi connectivity index (χ3n) is 2.39. The quantitative estimate of drug-likeness (QED) is 0.658. The van der Waals surface area contributed by atoms with E-state index in [2.05, 4.69) is 4.98 Å². The van der Waals surface area contributed by atoms with Crippen LogP contribution in [-0.2, 0) is 6.61 Å². The van der Waals surface area contributed by atoms with Crippen LogP contribution in [-0.4, -0.2) is 21.0 Å². The molecule has 0 spiro atoms. The first-order valence-corrected chi connectivity index (χ1v) is 5.54. The summed E-state index contributed by atoms with van der Waals surface area (Å²) in [5.74, 6) is -1.57. The Labute approximate surface area is 112 Å². The van der Waals surface area contributed by atoms with Crippen molar-refractivity contribution in [2.24, 2.45) is 0 Å². The normalized spacial score (nSPS) is 10.2. The van der Waals surface area contributed by atoms with Gasteiger partial charge < -0.3 is 24.4 Å². The summed E-state index contributed by atoms with van der Waals surface area (Å²) in [6.45, 7) is 1.50. The molecule has 0 radical (unpaired) electrons. The van der Waals surface area contributed by atoms with Crippen LogP contribution < -0.4 is 4.74 Å². The minimum absolute atomic E-state index is 0.00567. The van der Waals surface area contributed by atoms with E-state index in [0.717, 1.165) is 0 Å². The molecule has 8 nitrogen and oxygen atoms in total. The van der Waals surface area contributed by atoms with Gasteiger partial charge in [0.2, 0.25) is 11.5 Å². The number of nitro groups is 1. The van der Waals surface area contributed by atoms with Crippen molar-refractivity contribution in [2.75, 3.05) is 0 Å². The fourth-order valence-electron chi connectivity index (χ4n) is 1.49. The van der Waals surface area contributed by atoms with Gasteiger partial charge in [-0.25, -0.2) is 4.79 Å². The van der Waals surface area contributed by atoms with Crippen molar-refractivity contribution in [3.8, 4) is 5.75 Å². The van der Waals surface area contributed by atoms with E-state index in [1.165, 1.54) is 18.2 Å². The monoisotopic (exact) mass is 278 g/mol. The summed E-state index contributed by atoms with van der Waals surface area (Å²) >= 11 is 0. The average Bonchev–Trinajstić information content (AvgIpc) is 2.86. The summed E-state index contributed by atoms with van der Waals surface area (Å²) in [7, 11) is 0. The zero-order valence-electron chi connectivity index (χ0n) is 10.4. The third-order valence-corrected chi connectivity index (χ3v) is 2.39. The molecule has 0 bridgehead atoms. The van der Waals surface area contributed by atoms with Crippen molar-refractivity contribution < 1.29 is 24.0 Å². The van der Waals surface area contributed by atoms with Crippen LogP contribution in [0.2, 0.25) is 0 Å².